The van der Waals surface area contributed by atoms with Gasteiger partial charge in [-0.3, -0.25) is 9.78 Å². The number of carbonyl (C=O) groups excluding carboxylic acids is 1. The molecule has 2 heterocycles. The van der Waals surface area contributed by atoms with Gasteiger partial charge >= 0.3 is 0 Å². The predicted octanol–water partition coefficient (Wildman–Crippen LogP) is 1.77. The van der Waals surface area contributed by atoms with Crippen LogP contribution in [0.4, 0.5) is 5.00 Å². The van der Waals surface area contributed by atoms with Crippen LogP contribution in [0.1, 0.15) is 0 Å². The molecule has 5 heteroatoms. The maximum atomic E-state index is 10.2. The zero-order valence-corrected chi connectivity index (χ0v) is 7.99. The van der Waals surface area contributed by atoms with Gasteiger partial charge in [-0.05, 0) is 12.1 Å². The summed E-state index contributed by atoms with van der Waals surface area (Å²) in [5.41, 5.74) is 0.955. The summed E-state index contributed by atoms with van der Waals surface area (Å²) < 4.78 is 0. The molecule has 1 N–H and O–H groups in total. The summed E-state index contributed by atoms with van der Waals surface area (Å²) in [6, 6.07) is 3.78. The molecule has 0 saturated heterocycles. The van der Waals surface area contributed by atoms with E-state index in [0.717, 1.165) is 15.6 Å². The normalized spacial score (nSPS) is 9.71. The Hall–Kier alpha value is -1.75. The number of anilines is 1. The lowest BCUT2D eigenvalue weighted by Crippen LogP contribution is -1.88. The van der Waals surface area contributed by atoms with Gasteiger partial charge in [-0.1, -0.05) is 11.3 Å². The summed E-state index contributed by atoms with van der Waals surface area (Å²) in [6.07, 6.45) is 5.72. The van der Waals surface area contributed by atoms with Gasteiger partial charge in [0.1, 0.15) is 10.0 Å². The Balaban J connectivity index is 2.29. The second-order valence-electron chi connectivity index (χ2n) is 2.53. The summed E-state index contributed by atoms with van der Waals surface area (Å²) in [7, 11) is 0. The third-order valence-electron chi connectivity index (χ3n) is 1.62. The van der Waals surface area contributed by atoms with Crippen LogP contribution < -0.4 is 5.32 Å². The van der Waals surface area contributed by atoms with Crippen LogP contribution >= 0.6 is 11.3 Å². The van der Waals surface area contributed by atoms with Gasteiger partial charge in [0.25, 0.3) is 0 Å². The van der Waals surface area contributed by atoms with E-state index in [2.05, 4.69) is 15.3 Å². The van der Waals surface area contributed by atoms with E-state index in [1.54, 1.807) is 18.6 Å². The van der Waals surface area contributed by atoms with Gasteiger partial charge in [0.05, 0.1) is 6.20 Å². The first-order valence-corrected chi connectivity index (χ1v) is 4.78. The van der Waals surface area contributed by atoms with Crippen molar-refractivity contribution in [3.63, 3.8) is 0 Å². The molecule has 0 aliphatic heterocycles. The molecule has 2 aromatic heterocycles. The van der Waals surface area contributed by atoms with Crippen molar-refractivity contribution in [2.45, 2.75) is 0 Å². The molecule has 2 rings (SSSR count). The van der Waals surface area contributed by atoms with Crippen molar-refractivity contribution in [1.82, 2.24) is 9.97 Å². The molecule has 14 heavy (non-hydrogen) atoms. The number of hydrogen-bond acceptors (Lipinski definition) is 4. The molecular weight excluding hydrogens is 198 g/mol. The third kappa shape index (κ3) is 1.77. The fourth-order valence-corrected chi connectivity index (χ4v) is 1.79. The van der Waals surface area contributed by atoms with E-state index in [1.807, 2.05) is 12.1 Å². The molecule has 2 aromatic rings. The maximum absolute atomic E-state index is 10.2. The Kier molecular flexibility index (Phi) is 2.51. The zero-order chi connectivity index (χ0) is 9.80. The number of amides is 1. The molecular formula is C9H7N3OS. The summed E-state index contributed by atoms with van der Waals surface area (Å²) in [4.78, 5) is 18.3. The monoisotopic (exact) mass is 205 g/mol. The van der Waals surface area contributed by atoms with Gasteiger partial charge in [0, 0.05) is 18.0 Å². The molecule has 0 saturated carbocycles. The van der Waals surface area contributed by atoms with E-state index in [1.165, 1.54) is 11.3 Å². The molecule has 1 amide bonds. The summed E-state index contributed by atoms with van der Waals surface area (Å²) in [5, 5.41) is 4.14. The highest BCUT2D eigenvalue weighted by Crippen LogP contribution is 2.26. The molecule has 0 aromatic carbocycles. The first kappa shape index (κ1) is 8.83. The standard InChI is InChI=1S/C9H7N3OS/c13-6-12-8-5-11-9(14-8)7-2-1-3-10-4-7/h1-6H,(H,12,13). The van der Waals surface area contributed by atoms with Crippen LogP contribution in [0.25, 0.3) is 10.6 Å². The first-order chi connectivity index (χ1) is 6.90. The minimum Gasteiger partial charge on any atom is -0.319 e. The van der Waals surface area contributed by atoms with E-state index in [9.17, 15) is 4.79 Å². The lowest BCUT2D eigenvalue weighted by atomic mass is 10.3. The van der Waals surface area contributed by atoms with Crippen molar-refractivity contribution in [2.24, 2.45) is 0 Å². The van der Waals surface area contributed by atoms with Gasteiger partial charge in [-0.15, -0.1) is 0 Å². The second kappa shape index (κ2) is 3.97. The van der Waals surface area contributed by atoms with Crippen LogP contribution in [0.2, 0.25) is 0 Å². The van der Waals surface area contributed by atoms with Gasteiger partial charge in [0.2, 0.25) is 6.41 Å². The molecule has 0 fully saturated rings. The van der Waals surface area contributed by atoms with Crippen LogP contribution in [-0.2, 0) is 4.79 Å². The highest BCUT2D eigenvalue weighted by Gasteiger charge is 2.03. The molecule has 70 valence electrons. The summed E-state index contributed by atoms with van der Waals surface area (Å²) in [5.74, 6) is 0. The average molecular weight is 205 g/mol. The minimum absolute atomic E-state index is 0.639. The number of rotatable bonds is 3. The molecule has 4 nitrogen and oxygen atoms in total. The quantitative estimate of drug-likeness (QED) is 0.777. The third-order valence-corrected chi connectivity index (χ3v) is 2.59. The van der Waals surface area contributed by atoms with Crippen molar-refractivity contribution in [1.29, 1.82) is 0 Å². The number of nitrogens with zero attached hydrogens (tertiary/aromatic N) is 2. The van der Waals surface area contributed by atoms with Gasteiger partial charge in [-0.2, -0.15) is 0 Å². The number of hydrogen-bond donors (Lipinski definition) is 1. The number of nitrogens with one attached hydrogen (secondary N) is 1. The number of carbonyl (C=O) groups is 1. The fraction of sp³-hybridized carbons (Fsp3) is 0. The number of pyridine rings is 1. The van der Waals surface area contributed by atoms with Crippen LogP contribution in [0.3, 0.4) is 0 Å². The van der Waals surface area contributed by atoms with E-state index in [0.29, 0.717) is 6.41 Å². The van der Waals surface area contributed by atoms with E-state index < -0.39 is 0 Å². The summed E-state index contributed by atoms with van der Waals surface area (Å²) >= 11 is 1.42. The molecule has 0 unspecified atom stereocenters. The second-order valence-corrected chi connectivity index (χ2v) is 3.56. The summed E-state index contributed by atoms with van der Waals surface area (Å²) in [6.45, 7) is 0. The van der Waals surface area contributed by atoms with Crippen molar-refractivity contribution in [3.8, 4) is 10.6 Å². The van der Waals surface area contributed by atoms with Crippen LogP contribution in [-0.4, -0.2) is 16.4 Å². The van der Waals surface area contributed by atoms with Crippen molar-refractivity contribution >= 4 is 22.7 Å². The highest BCUT2D eigenvalue weighted by atomic mass is 32.1. The van der Waals surface area contributed by atoms with Crippen molar-refractivity contribution in [2.75, 3.05) is 5.32 Å². The van der Waals surface area contributed by atoms with Crippen LogP contribution in [0, 0.1) is 0 Å². The first-order valence-electron chi connectivity index (χ1n) is 3.96. The molecule has 0 aliphatic carbocycles. The largest absolute Gasteiger partial charge is 0.319 e. The number of thiazole rings is 1. The van der Waals surface area contributed by atoms with Gasteiger partial charge in [0.15, 0.2) is 0 Å². The highest BCUT2D eigenvalue weighted by molar-refractivity contribution is 7.19. The minimum atomic E-state index is 0.639. The lowest BCUT2D eigenvalue weighted by Gasteiger charge is -1.92. The Labute approximate surface area is 84.6 Å². The average Bonchev–Trinajstić information content (AvgIpc) is 2.68. The Morgan fingerprint density at radius 3 is 3.07 bits per heavy atom. The molecule has 0 bridgehead atoms. The van der Waals surface area contributed by atoms with Crippen molar-refractivity contribution in [3.05, 3.63) is 30.7 Å². The van der Waals surface area contributed by atoms with Crippen LogP contribution in [0.15, 0.2) is 30.7 Å². The van der Waals surface area contributed by atoms with Gasteiger partial charge < -0.3 is 5.32 Å². The SMILES string of the molecule is O=CNc1cnc(-c2cccnc2)s1. The van der Waals surface area contributed by atoms with E-state index in [4.69, 9.17) is 0 Å². The van der Waals surface area contributed by atoms with Crippen molar-refractivity contribution < 1.29 is 4.79 Å². The molecule has 0 atom stereocenters. The van der Waals surface area contributed by atoms with E-state index in [-0.39, 0.29) is 0 Å². The predicted molar refractivity (Wildman–Crippen MR) is 55.0 cm³/mol. The zero-order valence-electron chi connectivity index (χ0n) is 7.18. The van der Waals surface area contributed by atoms with E-state index >= 15 is 0 Å². The topological polar surface area (TPSA) is 54.9 Å². The fourth-order valence-electron chi connectivity index (χ4n) is 1.02. The Morgan fingerprint density at radius 1 is 1.43 bits per heavy atom. The van der Waals surface area contributed by atoms with Gasteiger partial charge in [-0.25, -0.2) is 4.98 Å². The Bertz CT molecular complexity index is 427. The van der Waals surface area contributed by atoms with Crippen LogP contribution in [0.5, 0.6) is 0 Å². The smallest absolute Gasteiger partial charge is 0.212 e. The lowest BCUT2D eigenvalue weighted by molar-refractivity contribution is -0.105. The molecule has 0 aliphatic rings. The number of aromatic nitrogens is 2. The Morgan fingerprint density at radius 2 is 2.36 bits per heavy atom. The molecule has 0 spiro atoms. The maximum Gasteiger partial charge on any atom is 0.212 e. The molecule has 0 radical (unpaired) electrons.